The monoisotopic (exact) mass is 420 g/mol. The highest BCUT2D eigenvalue weighted by molar-refractivity contribution is 5.81. The summed E-state index contributed by atoms with van der Waals surface area (Å²) in [5.41, 5.74) is 3.66. The number of carbonyl (C=O) groups excluding carboxylic acids is 1. The van der Waals surface area contributed by atoms with Crippen LogP contribution >= 0.6 is 0 Å². The van der Waals surface area contributed by atoms with E-state index in [0.29, 0.717) is 17.4 Å². The zero-order valence-corrected chi connectivity index (χ0v) is 18.0. The number of hydrogen-bond acceptors (Lipinski definition) is 5. The molecular weight excluding hydrogens is 392 g/mol. The molecule has 7 nitrogen and oxygen atoms in total. The number of nitrogens with one attached hydrogen (secondary N) is 1. The molecule has 0 spiro atoms. The Morgan fingerprint density at radius 1 is 1.23 bits per heavy atom. The fourth-order valence-electron chi connectivity index (χ4n) is 3.99. The van der Waals surface area contributed by atoms with E-state index in [4.69, 9.17) is 4.74 Å². The average Bonchev–Trinajstić information content (AvgIpc) is 2.75. The molecular formula is C24H28N4O3. The lowest BCUT2D eigenvalue weighted by Gasteiger charge is -2.31. The van der Waals surface area contributed by atoms with Crippen molar-refractivity contribution in [1.29, 1.82) is 0 Å². The van der Waals surface area contributed by atoms with E-state index in [1.54, 1.807) is 6.07 Å². The Morgan fingerprint density at radius 2 is 2.03 bits per heavy atom. The summed E-state index contributed by atoms with van der Waals surface area (Å²) in [6.07, 6.45) is 1.70. The number of benzene rings is 2. The van der Waals surface area contributed by atoms with Gasteiger partial charge in [-0.05, 0) is 36.6 Å². The maximum Gasteiger partial charge on any atom is 0.261 e. The third-order valence-electron chi connectivity index (χ3n) is 5.58. The molecule has 2 aromatic carbocycles. The van der Waals surface area contributed by atoms with Crippen LogP contribution in [-0.2, 0) is 29.2 Å². The fraction of sp³-hybridized carbons (Fsp3) is 0.375. The van der Waals surface area contributed by atoms with Crippen LogP contribution in [0.2, 0.25) is 0 Å². The molecule has 1 aromatic heterocycles. The number of hydrogen-bond donors (Lipinski definition) is 1. The first-order valence-electron chi connectivity index (χ1n) is 10.6. The van der Waals surface area contributed by atoms with E-state index >= 15 is 0 Å². The smallest absolute Gasteiger partial charge is 0.261 e. The quantitative estimate of drug-likeness (QED) is 0.662. The molecule has 3 aromatic rings. The largest absolute Gasteiger partial charge is 0.376 e. The Hall–Kier alpha value is -3.03. The summed E-state index contributed by atoms with van der Waals surface area (Å²) in [6, 6.07) is 13.7. The van der Waals surface area contributed by atoms with E-state index in [1.165, 1.54) is 16.5 Å². The van der Waals surface area contributed by atoms with Crippen molar-refractivity contribution in [2.45, 2.75) is 39.6 Å². The Balaban J connectivity index is 1.36. The topological polar surface area (TPSA) is 76.5 Å². The molecule has 162 valence electrons. The number of fused-ring (bicyclic) bond motifs is 1. The Bertz CT molecular complexity index is 1140. The number of nitrogens with zero attached hydrogens (tertiary/aromatic N) is 3. The van der Waals surface area contributed by atoms with E-state index < -0.39 is 0 Å². The van der Waals surface area contributed by atoms with Crippen LogP contribution in [0, 0.1) is 6.92 Å². The summed E-state index contributed by atoms with van der Waals surface area (Å²) >= 11 is 0. The predicted octanol–water partition coefficient (Wildman–Crippen LogP) is 2.24. The van der Waals surface area contributed by atoms with Crippen LogP contribution in [-0.4, -0.2) is 46.2 Å². The van der Waals surface area contributed by atoms with Gasteiger partial charge in [0.25, 0.3) is 5.56 Å². The molecule has 1 amide bonds. The number of ether oxygens (including phenoxy) is 1. The lowest BCUT2D eigenvalue weighted by molar-refractivity contribution is -0.121. The highest BCUT2D eigenvalue weighted by Gasteiger charge is 2.16. The molecule has 7 heteroatoms. The van der Waals surface area contributed by atoms with Crippen molar-refractivity contribution < 1.29 is 9.53 Å². The van der Waals surface area contributed by atoms with Gasteiger partial charge in [-0.3, -0.25) is 19.1 Å². The van der Waals surface area contributed by atoms with Crippen LogP contribution in [0.15, 0.2) is 53.6 Å². The second kappa shape index (κ2) is 9.41. The molecule has 1 saturated heterocycles. The van der Waals surface area contributed by atoms with Crippen LogP contribution in [0.4, 0.5) is 0 Å². The minimum atomic E-state index is -0.219. The summed E-state index contributed by atoms with van der Waals surface area (Å²) in [4.78, 5) is 31.9. The first-order chi connectivity index (χ1) is 15.0. The lowest BCUT2D eigenvalue weighted by atomic mass is 10.1. The third kappa shape index (κ3) is 5.18. The predicted molar refractivity (Wildman–Crippen MR) is 120 cm³/mol. The molecule has 0 radical (unpaired) electrons. The number of aryl methyl sites for hydroxylation is 1. The molecule has 0 bridgehead atoms. The Morgan fingerprint density at radius 3 is 2.87 bits per heavy atom. The van der Waals surface area contributed by atoms with Gasteiger partial charge < -0.3 is 10.1 Å². The zero-order valence-electron chi connectivity index (χ0n) is 18.0. The number of carbonyl (C=O) groups is 1. The van der Waals surface area contributed by atoms with Crippen LogP contribution in [0.3, 0.4) is 0 Å². The Kier molecular flexibility index (Phi) is 6.44. The first-order valence-corrected chi connectivity index (χ1v) is 10.6. The highest BCUT2D eigenvalue weighted by atomic mass is 16.5. The van der Waals surface area contributed by atoms with Crippen molar-refractivity contribution in [3.05, 3.63) is 75.8 Å². The van der Waals surface area contributed by atoms with Crippen molar-refractivity contribution in [3.63, 3.8) is 0 Å². The van der Waals surface area contributed by atoms with Crippen LogP contribution < -0.4 is 10.9 Å². The maximum absolute atomic E-state index is 12.7. The average molecular weight is 421 g/mol. The minimum Gasteiger partial charge on any atom is -0.376 e. The van der Waals surface area contributed by atoms with Gasteiger partial charge in [0.1, 0.15) is 6.54 Å². The molecule has 0 aliphatic carbocycles. The van der Waals surface area contributed by atoms with Crippen molar-refractivity contribution in [2.24, 2.45) is 0 Å². The van der Waals surface area contributed by atoms with E-state index in [-0.39, 0.29) is 24.1 Å². The maximum atomic E-state index is 12.7. The molecule has 1 fully saturated rings. The molecule has 1 atom stereocenters. The van der Waals surface area contributed by atoms with Crippen molar-refractivity contribution in [3.8, 4) is 0 Å². The summed E-state index contributed by atoms with van der Waals surface area (Å²) in [5, 5.41) is 3.44. The second-order valence-electron chi connectivity index (χ2n) is 8.16. The van der Waals surface area contributed by atoms with Crippen molar-refractivity contribution >= 4 is 16.8 Å². The van der Waals surface area contributed by atoms with E-state index in [0.717, 1.165) is 37.4 Å². The molecule has 1 unspecified atom stereocenters. The lowest BCUT2D eigenvalue weighted by Crippen LogP contribution is -2.40. The SMILES string of the molecule is Cc1cccc2c(=O)n(CC(=O)NCc3cccc(CN4CCOC(C)C4)c3)cnc12. The van der Waals surface area contributed by atoms with Gasteiger partial charge in [0.15, 0.2) is 0 Å². The fourth-order valence-corrected chi connectivity index (χ4v) is 3.99. The van der Waals surface area contributed by atoms with Crippen molar-refractivity contribution in [2.75, 3.05) is 19.7 Å². The molecule has 2 heterocycles. The van der Waals surface area contributed by atoms with Gasteiger partial charge in [-0.15, -0.1) is 0 Å². The summed E-state index contributed by atoms with van der Waals surface area (Å²) in [5.74, 6) is -0.219. The van der Waals surface area contributed by atoms with E-state index in [2.05, 4.69) is 34.3 Å². The summed E-state index contributed by atoms with van der Waals surface area (Å²) in [6.45, 7) is 7.86. The molecule has 0 saturated carbocycles. The third-order valence-corrected chi connectivity index (χ3v) is 5.58. The normalized spacial score (nSPS) is 17.0. The van der Waals surface area contributed by atoms with Gasteiger partial charge in [-0.2, -0.15) is 0 Å². The van der Waals surface area contributed by atoms with Gasteiger partial charge >= 0.3 is 0 Å². The minimum absolute atomic E-state index is 0.0545. The zero-order chi connectivity index (χ0) is 21.8. The standard InChI is InChI=1S/C24H28N4O3/c1-17-5-3-8-21-23(17)26-16-28(24(21)30)15-22(29)25-12-19-6-4-7-20(11-19)14-27-9-10-31-18(2)13-27/h3-8,11,16,18H,9-10,12-15H2,1-2H3,(H,25,29). The molecule has 1 aliphatic rings. The second-order valence-corrected chi connectivity index (χ2v) is 8.16. The molecule has 31 heavy (non-hydrogen) atoms. The van der Waals surface area contributed by atoms with Gasteiger partial charge in [0, 0.05) is 26.2 Å². The van der Waals surface area contributed by atoms with E-state index in [1.807, 2.05) is 31.2 Å². The Labute approximate surface area is 181 Å². The number of rotatable bonds is 6. The number of amides is 1. The first kappa shape index (κ1) is 21.2. The number of aromatic nitrogens is 2. The molecule has 1 N–H and O–H groups in total. The van der Waals surface area contributed by atoms with Gasteiger partial charge in [-0.1, -0.05) is 36.4 Å². The van der Waals surface area contributed by atoms with Crippen molar-refractivity contribution in [1.82, 2.24) is 19.8 Å². The summed E-state index contributed by atoms with van der Waals surface area (Å²) < 4.78 is 6.96. The highest BCUT2D eigenvalue weighted by Crippen LogP contribution is 2.13. The number of morpholine rings is 1. The van der Waals surface area contributed by atoms with Gasteiger partial charge in [0.2, 0.25) is 5.91 Å². The van der Waals surface area contributed by atoms with Gasteiger partial charge in [-0.25, -0.2) is 4.98 Å². The van der Waals surface area contributed by atoms with Crippen LogP contribution in [0.5, 0.6) is 0 Å². The van der Waals surface area contributed by atoms with E-state index in [9.17, 15) is 9.59 Å². The van der Waals surface area contributed by atoms with Gasteiger partial charge in [0.05, 0.1) is 29.9 Å². The van der Waals surface area contributed by atoms with Crippen LogP contribution in [0.25, 0.3) is 10.9 Å². The molecule has 4 rings (SSSR count). The number of para-hydroxylation sites is 1. The summed E-state index contributed by atoms with van der Waals surface area (Å²) in [7, 11) is 0. The molecule has 1 aliphatic heterocycles. The van der Waals surface area contributed by atoms with Crippen LogP contribution in [0.1, 0.15) is 23.6 Å².